The number of hydrogen-bond acceptors (Lipinski definition) is 3. The van der Waals surface area contributed by atoms with Crippen molar-refractivity contribution in [3.63, 3.8) is 0 Å². The molecule has 0 fully saturated rings. The van der Waals surface area contributed by atoms with Gasteiger partial charge in [0, 0.05) is 43.7 Å². The largest absolute Gasteiger partial charge is 0.367 e. The highest BCUT2D eigenvalue weighted by molar-refractivity contribution is 5.08. The predicted octanol–water partition coefficient (Wildman–Crippen LogP) is 0.464. The van der Waals surface area contributed by atoms with Gasteiger partial charge in [0.05, 0.1) is 0 Å². The van der Waals surface area contributed by atoms with Crippen LogP contribution in [0.25, 0.3) is 0 Å². The molecule has 0 bridgehead atoms. The molecule has 0 aliphatic heterocycles. The molecule has 4 nitrogen and oxygen atoms in total. The van der Waals surface area contributed by atoms with E-state index in [0.29, 0.717) is 6.54 Å². The van der Waals surface area contributed by atoms with Gasteiger partial charge in [-0.2, -0.15) is 0 Å². The Morgan fingerprint density at radius 1 is 1.27 bits per heavy atom. The zero-order valence-corrected chi connectivity index (χ0v) is 9.18. The van der Waals surface area contributed by atoms with Crippen molar-refractivity contribution in [1.82, 2.24) is 15.6 Å². The highest BCUT2D eigenvalue weighted by Crippen LogP contribution is 1.85. The summed E-state index contributed by atoms with van der Waals surface area (Å²) >= 11 is 0. The van der Waals surface area contributed by atoms with Gasteiger partial charge in [0.2, 0.25) is 0 Å². The van der Waals surface area contributed by atoms with Crippen LogP contribution in [0, 0.1) is 0 Å². The van der Waals surface area contributed by atoms with Gasteiger partial charge in [-0.1, -0.05) is 6.92 Å². The summed E-state index contributed by atoms with van der Waals surface area (Å²) in [6.07, 6.45) is 4.54. The fraction of sp³-hybridized carbons (Fsp3) is 0.545. The molecule has 0 amide bonds. The summed E-state index contributed by atoms with van der Waals surface area (Å²) in [4.78, 5) is 14.2. The van der Waals surface area contributed by atoms with Crippen molar-refractivity contribution in [2.45, 2.75) is 19.9 Å². The van der Waals surface area contributed by atoms with Gasteiger partial charge >= 0.3 is 0 Å². The maximum absolute atomic E-state index is 11.3. The van der Waals surface area contributed by atoms with Crippen molar-refractivity contribution in [2.75, 3.05) is 19.6 Å². The van der Waals surface area contributed by atoms with Crippen LogP contribution in [-0.4, -0.2) is 24.6 Å². The predicted molar refractivity (Wildman–Crippen MR) is 61.9 cm³/mol. The first-order valence-electron chi connectivity index (χ1n) is 5.42. The van der Waals surface area contributed by atoms with E-state index in [4.69, 9.17) is 0 Å². The van der Waals surface area contributed by atoms with Gasteiger partial charge in [-0.3, -0.25) is 4.79 Å². The Morgan fingerprint density at radius 3 is 2.80 bits per heavy atom. The van der Waals surface area contributed by atoms with Crippen molar-refractivity contribution in [3.8, 4) is 0 Å². The first-order chi connectivity index (χ1) is 7.34. The number of aromatic nitrogens is 1. The minimum absolute atomic E-state index is 0.0859. The monoisotopic (exact) mass is 209 g/mol. The Bertz CT molecular complexity index is 322. The lowest BCUT2D eigenvalue weighted by molar-refractivity contribution is 0.605. The SMILES string of the molecule is CCCNCCNCc1c[nH]ccc1=O. The van der Waals surface area contributed by atoms with Crippen molar-refractivity contribution >= 4 is 0 Å². The molecule has 0 aliphatic carbocycles. The third-order valence-electron chi connectivity index (χ3n) is 2.13. The van der Waals surface area contributed by atoms with Crippen molar-refractivity contribution < 1.29 is 0 Å². The average molecular weight is 209 g/mol. The highest BCUT2D eigenvalue weighted by atomic mass is 16.1. The number of nitrogens with one attached hydrogen (secondary N) is 3. The number of hydrogen-bond donors (Lipinski definition) is 3. The number of H-pyrrole nitrogens is 1. The van der Waals surface area contributed by atoms with Gasteiger partial charge in [0.15, 0.2) is 5.43 Å². The minimum atomic E-state index is 0.0859. The molecule has 4 heteroatoms. The molecular formula is C11H19N3O. The Kier molecular flexibility index (Phi) is 5.73. The smallest absolute Gasteiger partial charge is 0.186 e. The molecular weight excluding hydrogens is 190 g/mol. The Morgan fingerprint density at radius 2 is 2.07 bits per heavy atom. The van der Waals surface area contributed by atoms with E-state index >= 15 is 0 Å². The van der Waals surface area contributed by atoms with Crippen LogP contribution >= 0.6 is 0 Å². The lowest BCUT2D eigenvalue weighted by atomic mass is 10.3. The maximum Gasteiger partial charge on any atom is 0.186 e. The van der Waals surface area contributed by atoms with Gasteiger partial charge in [-0.05, 0) is 13.0 Å². The zero-order valence-electron chi connectivity index (χ0n) is 9.18. The lowest BCUT2D eigenvalue weighted by Crippen LogP contribution is -2.28. The second kappa shape index (κ2) is 7.20. The fourth-order valence-corrected chi connectivity index (χ4v) is 1.29. The molecule has 0 atom stereocenters. The summed E-state index contributed by atoms with van der Waals surface area (Å²) in [7, 11) is 0. The van der Waals surface area contributed by atoms with Crippen LogP contribution < -0.4 is 16.1 Å². The van der Waals surface area contributed by atoms with Crippen LogP contribution in [0.4, 0.5) is 0 Å². The molecule has 1 heterocycles. The maximum atomic E-state index is 11.3. The third kappa shape index (κ3) is 4.76. The van der Waals surface area contributed by atoms with Crippen molar-refractivity contribution in [1.29, 1.82) is 0 Å². The topological polar surface area (TPSA) is 56.9 Å². The molecule has 84 valence electrons. The first kappa shape index (κ1) is 11.9. The van der Waals surface area contributed by atoms with Crippen LogP contribution in [0.15, 0.2) is 23.3 Å². The van der Waals surface area contributed by atoms with Gasteiger partial charge in [-0.25, -0.2) is 0 Å². The molecule has 15 heavy (non-hydrogen) atoms. The average Bonchev–Trinajstić information content (AvgIpc) is 2.25. The summed E-state index contributed by atoms with van der Waals surface area (Å²) in [5.41, 5.74) is 0.871. The van der Waals surface area contributed by atoms with E-state index in [1.165, 1.54) is 0 Å². The quantitative estimate of drug-likeness (QED) is 0.572. The van der Waals surface area contributed by atoms with Crippen LogP contribution in [-0.2, 0) is 6.54 Å². The first-order valence-corrected chi connectivity index (χ1v) is 5.42. The second-order valence-electron chi connectivity index (χ2n) is 3.46. The molecule has 0 spiro atoms. The van der Waals surface area contributed by atoms with Crippen LogP contribution in [0.3, 0.4) is 0 Å². The van der Waals surface area contributed by atoms with E-state index in [-0.39, 0.29) is 5.43 Å². The molecule has 0 radical (unpaired) electrons. The van der Waals surface area contributed by atoms with E-state index in [2.05, 4.69) is 22.5 Å². The molecule has 1 aromatic rings. The zero-order chi connectivity index (χ0) is 10.9. The molecule has 1 aromatic heterocycles. The number of aromatic amines is 1. The van der Waals surface area contributed by atoms with E-state index in [0.717, 1.165) is 31.6 Å². The number of pyridine rings is 1. The normalized spacial score (nSPS) is 10.5. The summed E-state index contributed by atoms with van der Waals surface area (Å²) in [5, 5.41) is 6.51. The van der Waals surface area contributed by atoms with Gasteiger partial charge < -0.3 is 15.6 Å². The highest BCUT2D eigenvalue weighted by Gasteiger charge is 1.96. The van der Waals surface area contributed by atoms with Crippen LogP contribution in [0.1, 0.15) is 18.9 Å². The Labute approximate surface area is 90.1 Å². The molecule has 1 rings (SSSR count). The van der Waals surface area contributed by atoms with Crippen molar-refractivity contribution in [2.24, 2.45) is 0 Å². The fourth-order valence-electron chi connectivity index (χ4n) is 1.29. The second-order valence-corrected chi connectivity index (χ2v) is 3.46. The minimum Gasteiger partial charge on any atom is -0.367 e. The molecule has 0 aromatic carbocycles. The van der Waals surface area contributed by atoms with Crippen molar-refractivity contribution in [3.05, 3.63) is 34.2 Å². The van der Waals surface area contributed by atoms with Gasteiger partial charge in [0.1, 0.15) is 0 Å². The Hall–Kier alpha value is -1.13. The van der Waals surface area contributed by atoms with Gasteiger partial charge in [0.25, 0.3) is 0 Å². The molecule has 0 aliphatic rings. The molecule has 0 unspecified atom stereocenters. The van der Waals surface area contributed by atoms with E-state index in [9.17, 15) is 4.79 Å². The molecule has 0 saturated heterocycles. The lowest BCUT2D eigenvalue weighted by Gasteiger charge is -2.04. The summed E-state index contributed by atoms with van der Waals surface area (Å²) in [6.45, 7) is 5.65. The summed E-state index contributed by atoms with van der Waals surface area (Å²) in [5.74, 6) is 0. The third-order valence-corrected chi connectivity index (χ3v) is 2.13. The molecule has 0 saturated carbocycles. The van der Waals surface area contributed by atoms with Crippen LogP contribution in [0.2, 0.25) is 0 Å². The summed E-state index contributed by atoms with van der Waals surface area (Å²) in [6, 6.07) is 1.55. The van der Waals surface area contributed by atoms with Crippen LogP contribution in [0.5, 0.6) is 0 Å². The molecule has 3 N–H and O–H groups in total. The Balaban J connectivity index is 2.15. The number of rotatable bonds is 7. The standard InChI is InChI=1S/C11H19N3O/c1-2-4-12-6-7-14-9-10-8-13-5-3-11(10)15/h3,5,8,12,14H,2,4,6-7,9H2,1H3,(H,13,15). The van der Waals surface area contributed by atoms with E-state index in [1.54, 1.807) is 18.5 Å². The summed E-state index contributed by atoms with van der Waals surface area (Å²) < 4.78 is 0. The van der Waals surface area contributed by atoms with E-state index < -0.39 is 0 Å². The van der Waals surface area contributed by atoms with E-state index in [1.807, 2.05) is 0 Å². The van der Waals surface area contributed by atoms with Gasteiger partial charge in [-0.15, -0.1) is 0 Å².